The summed E-state index contributed by atoms with van der Waals surface area (Å²) in [5.41, 5.74) is 2.27. The minimum absolute atomic E-state index is 0.171. The highest BCUT2D eigenvalue weighted by Crippen LogP contribution is 2.35. The number of hydrogen-bond acceptors (Lipinski definition) is 2. The van der Waals surface area contributed by atoms with E-state index in [1.165, 1.54) is 0 Å². The van der Waals surface area contributed by atoms with Crippen molar-refractivity contribution in [2.24, 2.45) is 5.92 Å². The molecular weight excluding hydrogens is 252 g/mol. The number of nitrogens with zero attached hydrogens (tertiary/aromatic N) is 2. The molecular formula is C16H18N2O2. The number of carboxylic acids is 1. The molecule has 0 bridgehead atoms. The summed E-state index contributed by atoms with van der Waals surface area (Å²) in [5.74, 6) is -0.827. The molecule has 1 heterocycles. The van der Waals surface area contributed by atoms with Gasteiger partial charge in [0.2, 0.25) is 0 Å². The first-order valence-corrected chi connectivity index (χ1v) is 7.06. The second kappa shape index (κ2) is 5.49. The van der Waals surface area contributed by atoms with Crippen molar-refractivity contribution < 1.29 is 9.90 Å². The highest BCUT2D eigenvalue weighted by molar-refractivity contribution is 5.70. The van der Waals surface area contributed by atoms with E-state index in [-0.39, 0.29) is 5.92 Å². The SMILES string of the molecule is O=C(O)C1CCC(n2cncc2-c2ccccc2)CC1. The van der Waals surface area contributed by atoms with Gasteiger partial charge in [0.1, 0.15) is 0 Å². The molecule has 1 aromatic carbocycles. The lowest BCUT2D eigenvalue weighted by Crippen LogP contribution is -2.23. The number of aliphatic carboxylic acids is 1. The van der Waals surface area contributed by atoms with E-state index in [2.05, 4.69) is 21.7 Å². The second-order valence-electron chi connectivity index (χ2n) is 5.40. The Labute approximate surface area is 118 Å². The van der Waals surface area contributed by atoms with Crippen molar-refractivity contribution >= 4 is 5.97 Å². The smallest absolute Gasteiger partial charge is 0.306 e. The molecule has 1 aliphatic rings. The van der Waals surface area contributed by atoms with Crippen LogP contribution < -0.4 is 0 Å². The quantitative estimate of drug-likeness (QED) is 0.930. The van der Waals surface area contributed by atoms with Gasteiger partial charge in [-0.1, -0.05) is 30.3 Å². The van der Waals surface area contributed by atoms with Crippen LogP contribution in [-0.4, -0.2) is 20.6 Å². The predicted octanol–water partition coefficient (Wildman–Crippen LogP) is 3.37. The van der Waals surface area contributed by atoms with E-state index >= 15 is 0 Å². The monoisotopic (exact) mass is 270 g/mol. The lowest BCUT2D eigenvalue weighted by molar-refractivity contribution is -0.143. The summed E-state index contributed by atoms with van der Waals surface area (Å²) in [7, 11) is 0. The molecule has 3 rings (SSSR count). The van der Waals surface area contributed by atoms with E-state index in [1.807, 2.05) is 30.7 Å². The fourth-order valence-electron chi connectivity index (χ4n) is 3.03. The zero-order chi connectivity index (χ0) is 13.9. The van der Waals surface area contributed by atoms with Gasteiger partial charge in [-0.2, -0.15) is 0 Å². The van der Waals surface area contributed by atoms with Crippen molar-refractivity contribution in [2.75, 3.05) is 0 Å². The van der Waals surface area contributed by atoms with Crippen LogP contribution in [0, 0.1) is 5.92 Å². The Balaban J connectivity index is 1.80. The minimum atomic E-state index is -0.655. The van der Waals surface area contributed by atoms with Crippen molar-refractivity contribution in [3.8, 4) is 11.3 Å². The van der Waals surface area contributed by atoms with Crippen molar-refractivity contribution in [1.82, 2.24) is 9.55 Å². The summed E-state index contributed by atoms with van der Waals surface area (Å²) < 4.78 is 2.20. The van der Waals surface area contributed by atoms with Crippen molar-refractivity contribution in [3.05, 3.63) is 42.9 Å². The molecule has 4 heteroatoms. The molecule has 1 saturated carbocycles. The molecule has 2 aromatic rings. The molecule has 0 radical (unpaired) electrons. The predicted molar refractivity (Wildman–Crippen MR) is 76.3 cm³/mol. The van der Waals surface area contributed by atoms with Gasteiger partial charge in [0, 0.05) is 6.04 Å². The largest absolute Gasteiger partial charge is 0.481 e. The highest BCUT2D eigenvalue weighted by atomic mass is 16.4. The van der Waals surface area contributed by atoms with E-state index in [0.29, 0.717) is 6.04 Å². The van der Waals surface area contributed by atoms with E-state index in [0.717, 1.165) is 36.9 Å². The summed E-state index contributed by atoms with van der Waals surface area (Å²) >= 11 is 0. The normalized spacial score (nSPS) is 22.6. The van der Waals surface area contributed by atoms with Gasteiger partial charge in [0.05, 0.1) is 24.1 Å². The summed E-state index contributed by atoms with van der Waals surface area (Å²) in [5, 5.41) is 9.07. The Hall–Kier alpha value is -2.10. The maximum Gasteiger partial charge on any atom is 0.306 e. The molecule has 1 fully saturated rings. The van der Waals surface area contributed by atoms with Crippen molar-refractivity contribution in [3.63, 3.8) is 0 Å². The molecule has 0 amide bonds. The number of aromatic nitrogens is 2. The summed E-state index contributed by atoms with van der Waals surface area (Å²) in [4.78, 5) is 15.3. The molecule has 4 nitrogen and oxygen atoms in total. The first-order chi connectivity index (χ1) is 9.75. The summed E-state index contributed by atoms with van der Waals surface area (Å²) in [6, 6.07) is 10.6. The van der Waals surface area contributed by atoms with Gasteiger partial charge in [0.15, 0.2) is 0 Å². The standard InChI is InChI=1S/C16H18N2O2/c19-16(20)13-6-8-14(9-7-13)18-11-17-10-15(18)12-4-2-1-3-5-12/h1-5,10-11,13-14H,6-9H2,(H,19,20). The fraction of sp³-hybridized carbons (Fsp3) is 0.375. The van der Waals surface area contributed by atoms with Gasteiger partial charge >= 0.3 is 5.97 Å². The van der Waals surface area contributed by atoms with Crippen LogP contribution in [0.4, 0.5) is 0 Å². The molecule has 0 unspecified atom stereocenters. The number of carbonyl (C=O) groups is 1. The molecule has 0 spiro atoms. The van der Waals surface area contributed by atoms with Gasteiger partial charge < -0.3 is 9.67 Å². The molecule has 0 aliphatic heterocycles. The van der Waals surface area contributed by atoms with E-state index < -0.39 is 5.97 Å². The first-order valence-electron chi connectivity index (χ1n) is 7.06. The van der Waals surface area contributed by atoms with Crippen LogP contribution in [0.1, 0.15) is 31.7 Å². The first kappa shape index (κ1) is 12.9. The van der Waals surface area contributed by atoms with Crippen LogP contribution in [0.3, 0.4) is 0 Å². The van der Waals surface area contributed by atoms with Crippen LogP contribution in [0.5, 0.6) is 0 Å². The second-order valence-corrected chi connectivity index (χ2v) is 5.40. The molecule has 1 aliphatic carbocycles. The number of imidazole rings is 1. The van der Waals surface area contributed by atoms with Gasteiger partial charge in [-0.3, -0.25) is 4.79 Å². The third kappa shape index (κ3) is 2.46. The van der Waals surface area contributed by atoms with Gasteiger partial charge in [0.25, 0.3) is 0 Å². The van der Waals surface area contributed by atoms with Crippen LogP contribution in [-0.2, 0) is 4.79 Å². The topological polar surface area (TPSA) is 55.1 Å². The highest BCUT2D eigenvalue weighted by Gasteiger charge is 2.27. The molecule has 1 aromatic heterocycles. The molecule has 104 valence electrons. The van der Waals surface area contributed by atoms with Crippen molar-refractivity contribution in [2.45, 2.75) is 31.7 Å². The Morgan fingerprint density at radius 2 is 1.85 bits per heavy atom. The van der Waals surface area contributed by atoms with Crippen LogP contribution in [0.2, 0.25) is 0 Å². The Morgan fingerprint density at radius 3 is 2.50 bits per heavy atom. The van der Waals surface area contributed by atoms with E-state index in [9.17, 15) is 4.79 Å². The van der Waals surface area contributed by atoms with Crippen LogP contribution in [0.25, 0.3) is 11.3 Å². The lowest BCUT2D eigenvalue weighted by Gasteiger charge is -2.28. The maximum atomic E-state index is 11.0. The van der Waals surface area contributed by atoms with Gasteiger partial charge in [-0.25, -0.2) is 4.98 Å². The number of rotatable bonds is 3. The molecule has 1 N–H and O–H groups in total. The minimum Gasteiger partial charge on any atom is -0.481 e. The maximum absolute atomic E-state index is 11.0. The van der Waals surface area contributed by atoms with Crippen LogP contribution >= 0.6 is 0 Å². The Morgan fingerprint density at radius 1 is 1.15 bits per heavy atom. The van der Waals surface area contributed by atoms with E-state index in [4.69, 9.17) is 5.11 Å². The van der Waals surface area contributed by atoms with E-state index in [1.54, 1.807) is 0 Å². The number of hydrogen-bond donors (Lipinski definition) is 1. The van der Waals surface area contributed by atoms with Crippen molar-refractivity contribution in [1.29, 1.82) is 0 Å². The number of carboxylic acid groups (broad SMARTS) is 1. The average molecular weight is 270 g/mol. The molecule has 0 atom stereocenters. The average Bonchev–Trinajstić information content (AvgIpc) is 2.97. The number of benzene rings is 1. The zero-order valence-electron chi connectivity index (χ0n) is 11.3. The Kier molecular flexibility index (Phi) is 3.54. The third-order valence-corrected chi connectivity index (χ3v) is 4.17. The fourth-order valence-corrected chi connectivity index (χ4v) is 3.03. The zero-order valence-corrected chi connectivity index (χ0v) is 11.3. The van der Waals surface area contributed by atoms with Gasteiger partial charge in [-0.15, -0.1) is 0 Å². The third-order valence-electron chi connectivity index (χ3n) is 4.17. The summed E-state index contributed by atoms with van der Waals surface area (Å²) in [6.07, 6.45) is 7.09. The summed E-state index contributed by atoms with van der Waals surface area (Å²) in [6.45, 7) is 0. The lowest BCUT2D eigenvalue weighted by atomic mass is 9.86. The van der Waals surface area contributed by atoms with Gasteiger partial charge in [-0.05, 0) is 31.2 Å². The Bertz CT molecular complexity index is 584. The van der Waals surface area contributed by atoms with Crippen LogP contribution in [0.15, 0.2) is 42.9 Å². The molecule has 0 saturated heterocycles. The molecule has 20 heavy (non-hydrogen) atoms.